The van der Waals surface area contributed by atoms with E-state index in [1.807, 2.05) is 0 Å². The fourth-order valence-electron chi connectivity index (χ4n) is 1.70. The molecule has 3 nitrogen and oxygen atoms in total. The number of imidazole rings is 1. The highest BCUT2D eigenvalue weighted by atomic mass is 79.9. The summed E-state index contributed by atoms with van der Waals surface area (Å²) in [6.45, 7) is -0.970. The molecule has 1 N–H and O–H groups in total. The zero-order valence-electron chi connectivity index (χ0n) is 9.64. The number of hydrogen-bond donors (Lipinski definition) is 1. The normalized spacial score (nSPS) is 12.1. The third-order valence-electron chi connectivity index (χ3n) is 2.46. The summed E-state index contributed by atoms with van der Waals surface area (Å²) in [6, 6.07) is 3.84. The minimum Gasteiger partial charge on any atom is -0.332 e. The standard InChI is InChI=1S/C11H10BrF4N3/c12-3-4-19(6-11(14,15)16)10-17-8-2-1-7(13)5-9(8)18-10/h1-2,5H,3-4,6H2,(H,17,18). The highest BCUT2D eigenvalue weighted by Crippen LogP contribution is 2.23. The molecular weight excluding hydrogens is 330 g/mol. The SMILES string of the molecule is Fc1ccc2nc(N(CCBr)CC(F)(F)F)[nH]c2c1. The summed E-state index contributed by atoms with van der Waals surface area (Å²) in [5.41, 5.74) is 0.801. The summed E-state index contributed by atoms with van der Waals surface area (Å²) in [5.74, 6) is -0.386. The number of aromatic nitrogens is 2. The Hall–Kier alpha value is -1.31. The monoisotopic (exact) mass is 339 g/mol. The first kappa shape index (κ1) is 14.1. The van der Waals surface area contributed by atoms with Crippen LogP contribution in [0.5, 0.6) is 0 Å². The number of aromatic amines is 1. The summed E-state index contributed by atoms with van der Waals surface area (Å²) in [6.07, 6.45) is -4.33. The van der Waals surface area contributed by atoms with Crippen molar-refractivity contribution in [3.63, 3.8) is 0 Å². The van der Waals surface area contributed by atoms with Gasteiger partial charge in [-0.1, -0.05) is 15.9 Å². The Morgan fingerprint density at radius 2 is 2.05 bits per heavy atom. The second-order valence-electron chi connectivity index (χ2n) is 3.95. The van der Waals surface area contributed by atoms with Crippen molar-refractivity contribution in [1.29, 1.82) is 0 Å². The maximum Gasteiger partial charge on any atom is 0.406 e. The first-order valence-corrected chi connectivity index (χ1v) is 6.54. The predicted octanol–water partition coefficient (Wildman–Crippen LogP) is 3.47. The molecule has 0 saturated carbocycles. The molecule has 1 aromatic heterocycles. The van der Waals surface area contributed by atoms with E-state index >= 15 is 0 Å². The number of rotatable bonds is 4. The average Bonchev–Trinajstić information content (AvgIpc) is 2.69. The largest absolute Gasteiger partial charge is 0.406 e. The van der Waals surface area contributed by atoms with Gasteiger partial charge in [0.2, 0.25) is 5.95 Å². The fourth-order valence-corrected chi connectivity index (χ4v) is 2.12. The zero-order chi connectivity index (χ0) is 14.0. The van der Waals surface area contributed by atoms with Gasteiger partial charge in [0, 0.05) is 11.9 Å². The van der Waals surface area contributed by atoms with Gasteiger partial charge in [-0.3, -0.25) is 0 Å². The van der Waals surface area contributed by atoms with Gasteiger partial charge in [0.1, 0.15) is 12.4 Å². The van der Waals surface area contributed by atoms with Crippen LogP contribution < -0.4 is 4.90 Å². The molecule has 0 saturated heterocycles. The average molecular weight is 340 g/mol. The lowest BCUT2D eigenvalue weighted by Crippen LogP contribution is -2.36. The van der Waals surface area contributed by atoms with Crippen molar-refractivity contribution >= 4 is 32.9 Å². The number of hydrogen-bond acceptors (Lipinski definition) is 2. The van der Waals surface area contributed by atoms with Crippen molar-refractivity contribution in [2.45, 2.75) is 6.18 Å². The van der Waals surface area contributed by atoms with Crippen LogP contribution in [0.2, 0.25) is 0 Å². The highest BCUT2D eigenvalue weighted by molar-refractivity contribution is 9.09. The summed E-state index contributed by atoms with van der Waals surface area (Å²) in [4.78, 5) is 7.80. The Morgan fingerprint density at radius 1 is 1.32 bits per heavy atom. The number of benzene rings is 1. The quantitative estimate of drug-likeness (QED) is 0.683. The fraction of sp³-hybridized carbons (Fsp3) is 0.364. The van der Waals surface area contributed by atoms with E-state index in [1.165, 1.54) is 18.2 Å². The molecule has 0 aliphatic rings. The smallest absolute Gasteiger partial charge is 0.332 e. The molecule has 0 unspecified atom stereocenters. The summed E-state index contributed by atoms with van der Waals surface area (Å²) < 4.78 is 50.4. The number of alkyl halides is 4. The van der Waals surface area contributed by atoms with E-state index in [0.717, 1.165) is 4.90 Å². The van der Waals surface area contributed by atoms with E-state index in [9.17, 15) is 17.6 Å². The lowest BCUT2D eigenvalue weighted by Gasteiger charge is -2.22. The van der Waals surface area contributed by atoms with Crippen LogP contribution in [-0.4, -0.2) is 34.6 Å². The highest BCUT2D eigenvalue weighted by Gasteiger charge is 2.31. The van der Waals surface area contributed by atoms with Gasteiger partial charge in [-0.15, -0.1) is 0 Å². The minimum atomic E-state index is -4.33. The van der Waals surface area contributed by atoms with Crippen LogP contribution in [-0.2, 0) is 0 Å². The molecule has 8 heteroatoms. The molecule has 0 fully saturated rings. The molecule has 0 aliphatic heterocycles. The first-order chi connectivity index (χ1) is 8.89. The van der Waals surface area contributed by atoms with Gasteiger partial charge in [0.25, 0.3) is 0 Å². The Bertz CT molecular complexity index is 567. The van der Waals surface area contributed by atoms with Crippen molar-refractivity contribution in [3.05, 3.63) is 24.0 Å². The molecule has 0 bridgehead atoms. The number of anilines is 1. The molecular formula is C11H10BrF4N3. The summed E-state index contributed by atoms with van der Waals surface area (Å²) >= 11 is 3.10. The molecule has 0 atom stereocenters. The van der Waals surface area contributed by atoms with Gasteiger partial charge in [-0.25, -0.2) is 9.37 Å². The van der Waals surface area contributed by atoms with E-state index in [2.05, 4.69) is 25.9 Å². The van der Waals surface area contributed by atoms with Crippen LogP contribution in [0.25, 0.3) is 11.0 Å². The molecule has 2 rings (SSSR count). The molecule has 104 valence electrons. The summed E-state index contributed by atoms with van der Waals surface area (Å²) in [7, 11) is 0. The lowest BCUT2D eigenvalue weighted by atomic mass is 10.3. The Kier molecular flexibility index (Phi) is 3.98. The molecule has 1 aromatic carbocycles. The maximum atomic E-state index is 13.0. The van der Waals surface area contributed by atoms with Crippen molar-refractivity contribution in [1.82, 2.24) is 9.97 Å². The summed E-state index contributed by atoms with van der Waals surface area (Å²) in [5, 5.41) is 0.370. The van der Waals surface area contributed by atoms with Crippen LogP contribution in [0.4, 0.5) is 23.5 Å². The number of fused-ring (bicyclic) bond motifs is 1. The van der Waals surface area contributed by atoms with Crippen molar-refractivity contribution < 1.29 is 17.6 Å². The Morgan fingerprint density at radius 3 is 2.68 bits per heavy atom. The molecule has 0 radical (unpaired) electrons. The Balaban J connectivity index is 2.33. The van der Waals surface area contributed by atoms with Crippen LogP contribution >= 0.6 is 15.9 Å². The molecule has 0 aliphatic carbocycles. The van der Waals surface area contributed by atoms with Gasteiger partial charge in [-0.2, -0.15) is 13.2 Å². The minimum absolute atomic E-state index is 0.0809. The van der Waals surface area contributed by atoms with Crippen molar-refractivity contribution in [2.75, 3.05) is 23.3 Å². The first-order valence-electron chi connectivity index (χ1n) is 5.42. The maximum absolute atomic E-state index is 13.0. The van der Waals surface area contributed by atoms with E-state index in [0.29, 0.717) is 16.4 Å². The number of H-pyrrole nitrogens is 1. The van der Waals surface area contributed by atoms with Gasteiger partial charge in [-0.05, 0) is 18.2 Å². The van der Waals surface area contributed by atoms with E-state index in [1.54, 1.807) is 0 Å². The van der Waals surface area contributed by atoms with E-state index in [-0.39, 0.29) is 12.5 Å². The Labute approximate surface area is 114 Å². The van der Waals surface area contributed by atoms with Gasteiger partial charge in [0.05, 0.1) is 11.0 Å². The number of nitrogens with zero attached hydrogens (tertiary/aromatic N) is 2. The van der Waals surface area contributed by atoms with Crippen LogP contribution in [0, 0.1) is 5.82 Å². The molecule has 2 aromatic rings. The van der Waals surface area contributed by atoms with Crippen LogP contribution in [0.15, 0.2) is 18.2 Å². The number of halogens is 5. The topological polar surface area (TPSA) is 31.9 Å². The lowest BCUT2D eigenvalue weighted by molar-refractivity contribution is -0.119. The van der Waals surface area contributed by atoms with Crippen LogP contribution in [0.1, 0.15) is 0 Å². The van der Waals surface area contributed by atoms with Gasteiger partial charge < -0.3 is 9.88 Å². The van der Waals surface area contributed by atoms with Crippen molar-refractivity contribution in [3.8, 4) is 0 Å². The van der Waals surface area contributed by atoms with E-state index in [4.69, 9.17) is 0 Å². The third kappa shape index (κ3) is 3.59. The third-order valence-corrected chi connectivity index (χ3v) is 2.81. The molecule has 1 heterocycles. The van der Waals surface area contributed by atoms with Crippen molar-refractivity contribution in [2.24, 2.45) is 0 Å². The number of nitrogens with one attached hydrogen (secondary N) is 1. The van der Waals surface area contributed by atoms with Crippen LogP contribution in [0.3, 0.4) is 0 Å². The van der Waals surface area contributed by atoms with E-state index < -0.39 is 18.5 Å². The molecule has 0 amide bonds. The van der Waals surface area contributed by atoms with Gasteiger partial charge >= 0.3 is 6.18 Å². The second-order valence-corrected chi connectivity index (χ2v) is 4.74. The second kappa shape index (κ2) is 5.36. The zero-order valence-corrected chi connectivity index (χ0v) is 11.2. The molecule has 0 spiro atoms. The predicted molar refractivity (Wildman–Crippen MR) is 68.1 cm³/mol. The van der Waals surface area contributed by atoms with Gasteiger partial charge in [0.15, 0.2) is 0 Å². The molecule has 19 heavy (non-hydrogen) atoms.